The summed E-state index contributed by atoms with van der Waals surface area (Å²) < 4.78 is 100. The number of hydrogen-bond acceptors (Lipinski definition) is 3. The first-order valence-electron chi connectivity index (χ1n) is 8.43. The van der Waals surface area contributed by atoms with Crippen LogP contribution in [-0.2, 0) is 22.0 Å². The van der Waals surface area contributed by atoms with E-state index in [1.165, 1.54) is 0 Å². The van der Waals surface area contributed by atoms with Crippen molar-refractivity contribution in [2.75, 3.05) is 0 Å². The second-order valence-corrected chi connectivity index (χ2v) is 9.76. The van der Waals surface area contributed by atoms with Crippen molar-refractivity contribution in [3.63, 3.8) is 0 Å². The lowest BCUT2D eigenvalue weighted by molar-refractivity contribution is -0.0868. The quantitative estimate of drug-likeness (QED) is 0.233. The fraction of sp³-hybridized carbons (Fsp3) is 0.529. The van der Waals surface area contributed by atoms with Gasteiger partial charge in [-0.1, -0.05) is 25.8 Å². The average Bonchev–Trinajstić information content (AvgIpc) is 3.19. The molecule has 0 bridgehead atoms. The highest BCUT2D eigenvalue weighted by molar-refractivity contribution is 7.86. The molecule has 3 rings (SSSR count). The van der Waals surface area contributed by atoms with E-state index in [0.29, 0.717) is 9.58 Å². The van der Waals surface area contributed by atoms with Gasteiger partial charge in [-0.25, -0.2) is 8.42 Å². The zero-order valence-electron chi connectivity index (χ0n) is 14.7. The Labute approximate surface area is 161 Å². The predicted molar refractivity (Wildman–Crippen MR) is 94.1 cm³/mol. The summed E-state index contributed by atoms with van der Waals surface area (Å²) in [5.41, 5.74) is -8.80. The predicted octanol–water partition coefficient (Wildman–Crippen LogP) is 6.34. The molecular weight excluding hydrogens is 430 g/mol. The van der Waals surface area contributed by atoms with Crippen molar-refractivity contribution in [3.05, 3.63) is 34.7 Å². The van der Waals surface area contributed by atoms with E-state index in [2.05, 4.69) is 0 Å². The van der Waals surface area contributed by atoms with Crippen molar-refractivity contribution in [2.45, 2.75) is 56.0 Å². The zero-order chi connectivity index (χ0) is 21.3. The minimum absolute atomic E-state index is 0.137. The Kier molecular flexibility index (Phi) is 6.72. The number of aryl methyl sites for hydroxylation is 1. The molecule has 0 radical (unpaired) electrons. The molecule has 1 aliphatic rings. The van der Waals surface area contributed by atoms with Crippen molar-refractivity contribution < 1.29 is 39.3 Å². The lowest BCUT2D eigenvalue weighted by Crippen LogP contribution is -2.21. The van der Waals surface area contributed by atoms with Gasteiger partial charge in [0, 0.05) is 23.4 Å². The summed E-state index contributed by atoms with van der Waals surface area (Å²) in [4.78, 5) is 0.637. The zero-order valence-corrected chi connectivity index (χ0v) is 16.4. The van der Waals surface area contributed by atoms with Gasteiger partial charge in [-0.15, -0.1) is 13.2 Å². The van der Waals surface area contributed by atoms with Crippen LogP contribution in [0.25, 0.3) is 10.1 Å². The van der Waals surface area contributed by atoms with Gasteiger partial charge in [0.05, 0.1) is 10.5 Å². The highest BCUT2D eigenvalue weighted by atomic mass is 32.2. The fourth-order valence-electron chi connectivity index (χ4n) is 3.19. The summed E-state index contributed by atoms with van der Waals surface area (Å²) in [6.07, 6.45) is 4.74. The third kappa shape index (κ3) is 5.18. The number of halogens is 6. The van der Waals surface area contributed by atoms with Crippen LogP contribution in [0.1, 0.15) is 49.0 Å². The van der Waals surface area contributed by atoms with E-state index in [9.17, 15) is 26.3 Å². The largest absolute Gasteiger partial charge is 0.741 e. The van der Waals surface area contributed by atoms with Gasteiger partial charge in [-0.05, 0) is 30.9 Å². The molecule has 1 unspecified atom stereocenters. The maximum absolute atomic E-state index is 13.6. The van der Waals surface area contributed by atoms with Crippen LogP contribution in [0.4, 0.5) is 26.3 Å². The summed E-state index contributed by atoms with van der Waals surface area (Å²) in [5.74, 6) is 0.137. The number of thiophene rings is 1. The maximum atomic E-state index is 13.6. The second-order valence-electron chi connectivity index (χ2n) is 6.41. The monoisotopic (exact) mass is 448 g/mol. The first-order chi connectivity index (χ1) is 12.8. The first kappa shape index (κ1) is 23.0. The minimum atomic E-state index is -6.09. The average molecular weight is 448 g/mol. The van der Waals surface area contributed by atoms with Crippen LogP contribution in [0.3, 0.4) is 0 Å². The Hall–Kier alpha value is -1.33. The lowest BCUT2D eigenvalue weighted by Gasteiger charge is -2.08. The molecule has 0 aliphatic heterocycles. The summed E-state index contributed by atoms with van der Waals surface area (Å²) >= 11 is 0. The Morgan fingerprint density at radius 3 is 2.04 bits per heavy atom. The van der Waals surface area contributed by atoms with Crippen molar-refractivity contribution in [2.24, 2.45) is 0 Å². The van der Waals surface area contributed by atoms with Gasteiger partial charge in [-0.3, -0.25) is 0 Å². The van der Waals surface area contributed by atoms with Crippen LogP contribution in [-0.4, -0.2) is 18.5 Å². The van der Waals surface area contributed by atoms with E-state index >= 15 is 0 Å². The molecule has 0 N–H and O–H groups in total. The molecule has 0 saturated heterocycles. The van der Waals surface area contributed by atoms with Gasteiger partial charge in [-0.2, -0.15) is 13.2 Å². The smallest absolute Gasteiger partial charge is 0.600 e. The van der Waals surface area contributed by atoms with E-state index in [1.54, 1.807) is 6.07 Å². The Balaban J connectivity index is 0.000000300. The molecule has 1 fully saturated rings. The number of hydrogen-bond donors (Lipinski definition) is 0. The molecule has 0 amide bonds. The molecular formula is C17H18F6O3S2. The molecule has 1 atom stereocenters. The fourth-order valence-corrected chi connectivity index (χ4v) is 5.40. The molecule has 158 valence electrons. The van der Waals surface area contributed by atoms with Crippen LogP contribution >= 0.6 is 10.5 Å². The Morgan fingerprint density at radius 1 is 1.07 bits per heavy atom. The molecule has 3 nitrogen and oxygen atoms in total. The molecule has 28 heavy (non-hydrogen) atoms. The second kappa shape index (κ2) is 8.19. The van der Waals surface area contributed by atoms with E-state index in [1.807, 2.05) is 25.1 Å². The van der Waals surface area contributed by atoms with Crippen LogP contribution in [0.15, 0.2) is 24.3 Å². The lowest BCUT2D eigenvalue weighted by atomic mass is 10.1. The van der Waals surface area contributed by atoms with E-state index in [0.717, 1.165) is 43.1 Å². The molecule has 1 aliphatic carbocycles. The Morgan fingerprint density at radius 2 is 1.61 bits per heavy atom. The highest BCUT2D eigenvalue weighted by Crippen LogP contribution is 2.55. The molecule has 1 aromatic carbocycles. The maximum Gasteiger partial charge on any atom is 0.600 e. The summed E-state index contributed by atoms with van der Waals surface area (Å²) in [5, 5.41) is 0.782. The van der Waals surface area contributed by atoms with Crippen LogP contribution in [0, 0.1) is 0 Å². The molecule has 1 saturated carbocycles. The van der Waals surface area contributed by atoms with Crippen LogP contribution in [0.5, 0.6) is 0 Å². The number of rotatable bonds is 2. The highest BCUT2D eigenvalue weighted by Gasteiger charge is 2.49. The van der Waals surface area contributed by atoms with Gasteiger partial charge < -0.3 is 4.55 Å². The molecule has 0 spiro atoms. The number of benzene rings is 1. The van der Waals surface area contributed by atoms with Gasteiger partial charge in [0.25, 0.3) is 0 Å². The van der Waals surface area contributed by atoms with Gasteiger partial charge in [0.1, 0.15) is 0 Å². The molecule has 11 heteroatoms. The van der Waals surface area contributed by atoms with E-state index < -0.39 is 31.6 Å². The summed E-state index contributed by atoms with van der Waals surface area (Å²) in [6.45, 7) is 1.98. The third-order valence-corrected chi connectivity index (χ3v) is 7.26. The van der Waals surface area contributed by atoms with E-state index in [-0.39, 0.29) is 5.92 Å². The minimum Gasteiger partial charge on any atom is -0.741 e. The standard InChI is InChI=1S/C16H18F3S.CHF3O3S/c1-2-11-7-8-13-10-15(12-5-3-4-6-12)20(14(13)9-11)16(17,18)19;2-1(3,4)8(5,6)7/h7-10,12H,2-6H2,1H3;(H,5,6,7)/q+1;/p-1. The number of fused-ring (bicyclic) bond motifs is 1. The normalized spacial score (nSPS) is 16.9. The van der Waals surface area contributed by atoms with Gasteiger partial charge in [0.2, 0.25) is 0 Å². The molecule has 2 aromatic rings. The van der Waals surface area contributed by atoms with Crippen LogP contribution < -0.4 is 0 Å². The molecule has 1 heterocycles. The topological polar surface area (TPSA) is 57.2 Å². The van der Waals surface area contributed by atoms with E-state index in [4.69, 9.17) is 13.0 Å². The number of alkyl halides is 6. The van der Waals surface area contributed by atoms with Crippen molar-refractivity contribution in [3.8, 4) is 0 Å². The first-order valence-corrected chi connectivity index (χ1v) is 11.1. The van der Waals surface area contributed by atoms with Crippen LogP contribution in [0.2, 0.25) is 0 Å². The SMILES string of the molecule is CCc1ccc2cc(C3CCCC3)[s+](C(F)(F)F)c2c1.O=S(=O)([O-])C(F)(F)F. The molecule has 1 aromatic heterocycles. The van der Waals surface area contributed by atoms with Crippen molar-refractivity contribution >= 4 is 30.7 Å². The third-order valence-electron chi connectivity index (χ3n) is 4.51. The summed E-state index contributed by atoms with van der Waals surface area (Å²) in [7, 11) is -7.79. The Bertz CT molecular complexity index is 923. The van der Waals surface area contributed by atoms with Crippen molar-refractivity contribution in [1.29, 1.82) is 0 Å². The van der Waals surface area contributed by atoms with Crippen molar-refractivity contribution in [1.82, 2.24) is 0 Å². The van der Waals surface area contributed by atoms with Gasteiger partial charge >= 0.3 is 11.0 Å². The van der Waals surface area contributed by atoms with Gasteiger partial charge in [0.15, 0.2) is 19.7 Å². The summed E-state index contributed by atoms with van der Waals surface area (Å²) in [6, 6.07) is 7.40.